The highest BCUT2D eigenvalue weighted by Crippen LogP contribution is 2.60. The van der Waals surface area contributed by atoms with Gasteiger partial charge in [-0.15, -0.1) is 0 Å². The van der Waals surface area contributed by atoms with Crippen molar-refractivity contribution >= 4 is 24.1 Å². The van der Waals surface area contributed by atoms with Gasteiger partial charge in [0.25, 0.3) is 0 Å². The fourth-order valence-electron chi connectivity index (χ4n) is 6.51. The molecule has 272 valence electrons. The Morgan fingerprint density at radius 1 is 0.766 bits per heavy atom. The number of halogens is 3. The summed E-state index contributed by atoms with van der Waals surface area (Å²) in [5.41, 5.74) is -2.73. The SMILES string of the molecule is CCC(C)(C)C(=O)OC12CC3CC(CC(OC(=O)OC(C)(C)C)(C3)C1)C2.CCC(CC(=O)OCCC(F)(F)F)OC(=O)C(C)(C)CC. The average molecular weight is 679 g/mol. The largest absolute Gasteiger partial charge is 0.509 e. The van der Waals surface area contributed by atoms with Gasteiger partial charge in [-0.2, -0.15) is 13.2 Å². The average Bonchev–Trinajstić information content (AvgIpc) is 2.89. The van der Waals surface area contributed by atoms with Crippen LogP contribution in [0.1, 0.15) is 140 Å². The van der Waals surface area contributed by atoms with E-state index < -0.39 is 71.0 Å². The molecule has 4 fully saturated rings. The molecule has 47 heavy (non-hydrogen) atoms. The minimum absolute atomic E-state index is 0.130. The topological polar surface area (TPSA) is 114 Å². The van der Waals surface area contributed by atoms with E-state index in [4.69, 9.17) is 18.9 Å². The summed E-state index contributed by atoms with van der Waals surface area (Å²) in [6.07, 6.45) is -0.0710. The lowest BCUT2D eigenvalue weighted by Crippen LogP contribution is -2.62. The first-order valence-corrected chi connectivity index (χ1v) is 17.0. The standard InChI is InChI=1S/C21H34O5.C14H23F3O4/c1-7-19(5,6)16(22)24-20-9-14-8-15(10-20)12-21(11-14,13-20)26-17(23)25-18(2,3)4;1-5-10(21-12(19)13(3,4)6-2)9-11(18)20-8-7-14(15,16)17/h14-15H,7-13H2,1-6H3;10H,5-9H2,1-4H3. The Labute approximate surface area is 278 Å². The van der Waals surface area contributed by atoms with Gasteiger partial charge in [-0.05, 0) is 112 Å². The Morgan fingerprint density at radius 3 is 1.70 bits per heavy atom. The van der Waals surface area contributed by atoms with Crippen molar-refractivity contribution in [1.82, 2.24) is 0 Å². The number of hydrogen-bond acceptors (Lipinski definition) is 9. The van der Waals surface area contributed by atoms with Gasteiger partial charge in [0.1, 0.15) is 22.9 Å². The maximum absolute atomic E-state index is 12.7. The molecular weight excluding hydrogens is 621 g/mol. The second-order valence-corrected chi connectivity index (χ2v) is 16.0. The Bertz CT molecular complexity index is 1090. The summed E-state index contributed by atoms with van der Waals surface area (Å²) in [6.45, 7) is 17.7. The molecule has 0 aromatic heterocycles. The summed E-state index contributed by atoms with van der Waals surface area (Å²) >= 11 is 0. The highest BCUT2D eigenvalue weighted by atomic mass is 19.4. The van der Waals surface area contributed by atoms with Crippen LogP contribution in [0.25, 0.3) is 0 Å². The molecule has 0 heterocycles. The second-order valence-electron chi connectivity index (χ2n) is 16.0. The van der Waals surface area contributed by atoms with Crippen LogP contribution < -0.4 is 0 Å². The first kappa shape index (κ1) is 40.6. The van der Waals surface area contributed by atoms with Gasteiger partial charge in [0.2, 0.25) is 0 Å². The first-order valence-electron chi connectivity index (χ1n) is 17.0. The van der Waals surface area contributed by atoms with E-state index in [1.54, 1.807) is 20.8 Å². The van der Waals surface area contributed by atoms with Crippen LogP contribution in [0.15, 0.2) is 0 Å². The van der Waals surface area contributed by atoms with E-state index in [2.05, 4.69) is 4.74 Å². The van der Waals surface area contributed by atoms with Crippen molar-refractivity contribution in [2.75, 3.05) is 6.61 Å². The van der Waals surface area contributed by atoms with Gasteiger partial charge in [-0.25, -0.2) is 4.79 Å². The molecule has 0 radical (unpaired) electrons. The summed E-state index contributed by atoms with van der Waals surface area (Å²) in [6, 6.07) is 0. The summed E-state index contributed by atoms with van der Waals surface area (Å²) in [4.78, 5) is 48.4. The molecule has 0 spiro atoms. The lowest BCUT2D eigenvalue weighted by atomic mass is 9.52. The van der Waals surface area contributed by atoms with Crippen LogP contribution in [-0.4, -0.2) is 59.8 Å². The van der Waals surface area contributed by atoms with Crippen molar-refractivity contribution in [2.24, 2.45) is 22.7 Å². The molecule has 0 aromatic carbocycles. The molecular formula is C35H57F3O9. The van der Waals surface area contributed by atoms with Gasteiger partial charge in [-0.3, -0.25) is 14.4 Å². The number of rotatable bonds is 12. The van der Waals surface area contributed by atoms with Crippen LogP contribution in [0.3, 0.4) is 0 Å². The van der Waals surface area contributed by atoms with Crippen molar-refractivity contribution in [3.05, 3.63) is 0 Å². The number of carbonyl (C=O) groups is 4. The number of esters is 3. The van der Waals surface area contributed by atoms with Crippen LogP contribution in [-0.2, 0) is 38.1 Å². The summed E-state index contributed by atoms with van der Waals surface area (Å²) in [5.74, 6) is -0.449. The molecule has 0 aliphatic heterocycles. The van der Waals surface area contributed by atoms with Crippen LogP contribution in [0, 0.1) is 22.7 Å². The summed E-state index contributed by atoms with van der Waals surface area (Å²) in [5, 5.41) is 0. The molecule has 0 aromatic rings. The molecule has 3 atom stereocenters. The van der Waals surface area contributed by atoms with Crippen LogP contribution in [0.2, 0.25) is 0 Å². The Balaban J connectivity index is 0.000000336. The quantitative estimate of drug-likeness (QED) is 0.148. The molecule has 4 rings (SSSR count). The van der Waals surface area contributed by atoms with E-state index >= 15 is 0 Å². The summed E-state index contributed by atoms with van der Waals surface area (Å²) in [7, 11) is 0. The van der Waals surface area contributed by atoms with Gasteiger partial charge in [0.05, 0.1) is 30.3 Å². The molecule has 9 nitrogen and oxygen atoms in total. The van der Waals surface area contributed by atoms with Crippen molar-refractivity contribution in [2.45, 2.75) is 169 Å². The maximum atomic E-state index is 12.7. The number of alkyl halides is 3. The van der Waals surface area contributed by atoms with Crippen molar-refractivity contribution < 1.29 is 56.0 Å². The molecule has 0 amide bonds. The molecule has 0 saturated heterocycles. The van der Waals surface area contributed by atoms with Gasteiger partial charge >= 0.3 is 30.2 Å². The third-order valence-electron chi connectivity index (χ3n) is 9.60. The smallest absolute Gasteiger partial charge is 0.465 e. The third-order valence-corrected chi connectivity index (χ3v) is 9.60. The van der Waals surface area contributed by atoms with Crippen LogP contribution >= 0.6 is 0 Å². The van der Waals surface area contributed by atoms with Crippen LogP contribution in [0.5, 0.6) is 0 Å². The van der Waals surface area contributed by atoms with E-state index in [1.165, 1.54) is 0 Å². The number of carbonyl (C=O) groups excluding carboxylic acids is 4. The molecule has 12 heteroatoms. The highest BCUT2D eigenvalue weighted by molar-refractivity contribution is 5.77. The van der Waals surface area contributed by atoms with Crippen molar-refractivity contribution in [3.63, 3.8) is 0 Å². The van der Waals surface area contributed by atoms with Gasteiger partial charge in [-0.1, -0.05) is 20.8 Å². The minimum Gasteiger partial charge on any atom is -0.465 e. The number of ether oxygens (including phenoxy) is 5. The first-order chi connectivity index (χ1) is 21.4. The molecule has 4 aliphatic carbocycles. The highest BCUT2D eigenvalue weighted by Gasteiger charge is 2.62. The van der Waals surface area contributed by atoms with Crippen LogP contribution in [0.4, 0.5) is 18.0 Å². The monoisotopic (exact) mass is 678 g/mol. The Hall–Kier alpha value is -2.53. The molecule has 0 N–H and O–H groups in total. The predicted octanol–water partition coefficient (Wildman–Crippen LogP) is 8.64. The zero-order chi connectivity index (χ0) is 36.1. The fourth-order valence-corrected chi connectivity index (χ4v) is 6.51. The molecule has 4 saturated carbocycles. The lowest BCUT2D eigenvalue weighted by molar-refractivity contribution is -0.230. The molecule has 4 aliphatic rings. The van der Waals surface area contributed by atoms with E-state index in [9.17, 15) is 32.3 Å². The van der Waals surface area contributed by atoms with Crippen molar-refractivity contribution in [3.8, 4) is 0 Å². The third kappa shape index (κ3) is 12.5. The normalized spacial score (nSPS) is 26.0. The van der Waals surface area contributed by atoms with Crippen molar-refractivity contribution in [1.29, 1.82) is 0 Å². The van der Waals surface area contributed by atoms with Gasteiger partial charge in [0.15, 0.2) is 0 Å². The second kappa shape index (κ2) is 15.3. The van der Waals surface area contributed by atoms with Gasteiger partial charge in [0, 0.05) is 6.42 Å². The maximum Gasteiger partial charge on any atom is 0.509 e. The minimum atomic E-state index is -4.36. The molecule has 4 bridgehead atoms. The summed E-state index contributed by atoms with van der Waals surface area (Å²) < 4.78 is 62.9. The van der Waals surface area contributed by atoms with Gasteiger partial charge < -0.3 is 23.7 Å². The Kier molecular flexibility index (Phi) is 13.3. The lowest BCUT2D eigenvalue weighted by Gasteiger charge is -2.60. The Morgan fingerprint density at radius 2 is 1.26 bits per heavy atom. The van der Waals surface area contributed by atoms with E-state index in [0.717, 1.165) is 38.5 Å². The predicted molar refractivity (Wildman–Crippen MR) is 168 cm³/mol. The van der Waals surface area contributed by atoms with E-state index in [1.807, 2.05) is 48.5 Å². The number of hydrogen-bond donors (Lipinski definition) is 0. The molecule has 3 unspecified atom stereocenters. The zero-order valence-electron chi connectivity index (χ0n) is 30.0. The van der Waals surface area contributed by atoms with E-state index in [0.29, 0.717) is 31.1 Å². The zero-order valence-corrected chi connectivity index (χ0v) is 30.0. The fraction of sp³-hybridized carbons (Fsp3) is 0.886. The van der Waals surface area contributed by atoms with E-state index in [-0.39, 0.29) is 12.4 Å².